The quantitative estimate of drug-likeness (QED) is 0.568. The van der Waals surface area contributed by atoms with Crippen molar-refractivity contribution in [2.45, 2.75) is 51.2 Å². The summed E-state index contributed by atoms with van der Waals surface area (Å²) < 4.78 is 16.6. The van der Waals surface area contributed by atoms with Gasteiger partial charge >= 0.3 is 5.97 Å². The van der Waals surface area contributed by atoms with Crippen molar-refractivity contribution in [1.82, 2.24) is 0 Å². The van der Waals surface area contributed by atoms with Crippen LogP contribution < -0.4 is 0 Å². The van der Waals surface area contributed by atoms with E-state index >= 15 is 0 Å². The maximum atomic E-state index is 11.2. The highest BCUT2D eigenvalue weighted by atomic mass is 16.7. The second kappa shape index (κ2) is 7.06. The second-order valence-corrected chi connectivity index (χ2v) is 5.18. The summed E-state index contributed by atoms with van der Waals surface area (Å²) in [4.78, 5) is 11.2. The molecule has 0 amide bonds. The van der Waals surface area contributed by atoms with Crippen LogP contribution in [0.25, 0.3) is 0 Å². The van der Waals surface area contributed by atoms with E-state index in [4.69, 9.17) is 14.2 Å². The van der Waals surface area contributed by atoms with Crippen molar-refractivity contribution in [1.29, 1.82) is 0 Å². The molecular weight excluding hydrogens is 244 g/mol. The Kier molecular flexibility index (Phi) is 5.40. The van der Waals surface area contributed by atoms with Crippen LogP contribution in [0.3, 0.4) is 0 Å². The van der Waals surface area contributed by atoms with E-state index in [1.165, 1.54) is 18.9 Å². The number of ether oxygens (including phenoxy) is 3. The lowest BCUT2D eigenvalue weighted by Crippen LogP contribution is -2.41. The van der Waals surface area contributed by atoms with E-state index in [0.29, 0.717) is 12.5 Å². The van der Waals surface area contributed by atoms with Gasteiger partial charge in [-0.05, 0) is 32.6 Å². The molecule has 0 bridgehead atoms. The molecule has 4 nitrogen and oxygen atoms in total. The molecule has 0 aromatic rings. The van der Waals surface area contributed by atoms with Gasteiger partial charge in [0.1, 0.15) is 0 Å². The Bertz CT molecular complexity index is 318. The highest BCUT2D eigenvalue weighted by Crippen LogP contribution is 2.42. The van der Waals surface area contributed by atoms with E-state index in [2.05, 4.69) is 0 Å². The van der Waals surface area contributed by atoms with Crippen LogP contribution >= 0.6 is 0 Å². The lowest BCUT2D eigenvalue weighted by atomic mass is 9.80. The molecule has 0 radical (unpaired) electrons. The van der Waals surface area contributed by atoms with Crippen molar-refractivity contribution in [3.63, 3.8) is 0 Å². The molecule has 2 rings (SSSR count). The summed E-state index contributed by atoms with van der Waals surface area (Å²) in [6.07, 6.45) is 9.92. The Hall–Kier alpha value is -0.870. The Labute approximate surface area is 115 Å². The van der Waals surface area contributed by atoms with E-state index in [-0.39, 0.29) is 11.8 Å². The van der Waals surface area contributed by atoms with Gasteiger partial charge in [0.05, 0.1) is 19.8 Å². The highest BCUT2D eigenvalue weighted by Gasteiger charge is 2.45. The van der Waals surface area contributed by atoms with Gasteiger partial charge in [0.15, 0.2) is 5.79 Å². The first-order valence-corrected chi connectivity index (χ1v) is 7.38. The van der Waals surface area contributed by atoms with Crippen LogP contribution in [0.2, 0.25) is 0 Å². The number of allylic oxidation sites excluding steroid dienone is 1. The molecule has 1 heterocycles. The summed E-state index contributed by atoms with van der Waals surface area (Å²) in [7, 11) is 0. The summed E-state index contributed by atoms with van der Waals surface area (Å²) in [6.45, 7) is 3.67. The third kappa shape index (κ3) is 3.80. The highest BCUT2D eigenvalue weighted by molar-refractivity contribution is 5.81. The van der Waals surface area contributed by atoms with Crippen molar-refractivity contribution in [3.05, 3.63) is 12.2 Å². The van der Waals surface area contributed by atoms with Crippen LogP contribution in [0, 0.1) is 5.92 Å². The lowest BCUT2D eigenvalue weighted by Gasteiger charge is -2.39. The SMILES string of the molecule is CCOC(=O)/C=C/CCC1CCCCC12OCCO2. The van der Waals surface area contributed by atoms with Gasteiger partial charge in [0.25, 0.3) is 0 Å². The fourth-order valence-electron chi connectivity index (χ4n) is 3.07. The average molecular weight is 268 g/mol. The van der Waals surface area contributed by atoms with Crippen LogP contribution in [0.1, 0.15) is 45.4 Å². The molecule has 108 valence electrons. The van der Waals surface area contributed by atoms with E-state index < -0.39 is 0 Å². The van der Waals surface area contributed by atoms with Gasteiger partial charge in [-0.1, -0.05) is 12.5 Å². The maximum Gasteiger partial charge on any atom is 0.330 e. The topological polar surface area (TPSA) is 44.8 Å². The summed E-state index contributed by atoms with van der Waals surface area (Å²) in [5.74, 6) is -0.124. The number of hydrogen-bond acceptors (Lipinski definition) is 4. The molecule has 1 aliphatic heterocycles. The summed E-state index contributed by atoms with van der Waals surface area (Å²) in [5, 5.41) is 0. The van der Waals surface area contributed by atoms with E-state index in [9.17, 15) is 4.79 Å². The molecule has 2 fully saturated rings. The van der Waals surface area contributed by atoms with Crippen molar-refractivity contribution < 1.29 is 19.0 Å². The van der Waals surface area contributed by atoms with Gasteiger partial charge in [-0.3, -0.25) is 0 Å². The summed E-state index contributed by atoms with van der Waals surface area (Å²) in [5.41, 5.74) is 0. The van der Waals surface area contributed by atoms with E-state index in [1.807, 2.05) is 13.0 Å². The minimum Gasteiger partial charge on any atom is -0.463 e. The normalized spacial score (nSPS) is 26.1. The van der Waals surface area contributed by atoms with Gasteiger partial charge in [-0.2, -0.15) is 0 Å². The zero-order chi connectivity index (χ0) is 13.6. The van der Waals surface area contributed by atoms with Crippen LogP contribution in [-0.2, 0) is 19.0 Å². The average Bonchev–Trinajstić information content (AvgIpc) is 2.86. The molecular formula is C15H24O4. The first kappa shape index (κ1) is 14.5. The molecule has 4 heteroatoms. The first-order chi connectivity index (χ1) is 9.27. The molecule has 1 unspecified atom stereocenters. The van der Waals surface area contributed by atoms with E-state index in [1.54, 1.807) is 0 Å². The third-order valence-electron chi connectivity index (χ3n) is 3.95. The number of hydrogen-bond donors (Lipinski definition) is 0. The molecule has 0 N–H and O–H groups in total. The zero-order valence-electron chi connectivity index (χ0n) is 11.7. The van der Waals surface area contributed by atoms with Crippen molar-refractivity contribution in [2.24, 2.45) is 5.92 Å². The van der Waals surface area contributed by atoms with E-state index in [0.717, 1.165) is 38.9 Å². The van der Waals surface area contributed by atoms with Gasteiger partial charge in [0, 0.05) is 18.4 Å². The van der Waals surface area contributed by atoms with Crippen LogP contribution in [-0.4, -0.2) is 31.6 Å². The van der Waals surface area contributed by atoms with Crippen molar-refractivity contribution in [3.8, 4) is 0 Å². The zero-order valence-corrected chi connectivity index (χ0v) is 11.7. The van der Waals surface area contributed by atoms with Crippen LogP contribution in [0.4, 0.5) is 0 Å². The molecule has 0 aromatic carbocycles. The third-order valence-corrected chi connectivity index (χ3v) is 3.95. The molecule has 1 saturated carbocycles. The Balaban J connectivity index is 1.79. The van der Waals surface area contributed by atoms with Crippen molar-refractivity contribution in [2.75, 3.05) is 19.8 Å². The van der Waals surface area contributed by atoms with Crippen LogP contribution in [0.5, 0.6) is 0 Å². The number of carbonyl (C=O) groups is 1. The molecule has 1 spiro atoms. The van der Waals surface area contributed by atoms with Gasteiger partial charge < -0.3 is 14.2 Å². The predicted octanol–water partition coefficient (Wildman–Crippen LogP) is 2.82. The number of rotatable bonds is 5. The maximum absolute atomic E-state index is 11.2. The molecule has 1 aliphatic carbocycles. The Morgan fingerprint density at radius 2 is 2.16 bits per heavy atom. The molecule has 0 aromatic heterocycles. The lowest BCUT2D eigenvalue weighted by molar-refractivity contribution is -0.213. The monoisotopic (exact) mass is 268 g/mol. The molecule has 1 saturated heterocycles. The first-order valence-electron chi connectivity index (χ1n) is 7.38. The Morgan fingerprint density at radius 3 is 2.89 bits per heavy atom. The number of carbonyl (C=O) groups excluding carboxylic acids is 1. The van der Waals surface area contributed by atoms with Crippen molar-refractivity contribution >= 4 is 5.97 Å². The molecule has 1 atom stereocenters. The number of esters is 1. The standard InChI is InChI=1S/C15H24O4/c1-2-17-14(16)9-4-3-7-13-8-5-6-10-15(13)18-11-12-19-15/h4,9,13H,2-3,5-8,10-12H2,1H3/b9-4+. The summed E-state index contributed by atoms with van der Waals surface area (Å²) >= 11 is 0. The molecule has 2 aliphatic rings. The second-order valence-electron chi connectivity index (χ2n) is 5.18. The molecule has 19 heavy (non-hydrogen) atoms. The minimum atomic E-state index is -0.323. The van der Waals surface area contributed by atoms with Gasteiger partial charge in [-0.15, -0.1) is 0 Å². The minimum absolute atomic E-state index is 0.255. The summed E-state index contributed by atoms with van der Waals surface area (Å²) in [6, 6.07) is 0. The fourth-order valence-corrected chi connectivity index (χ4v) is 3.07. The van der Waals surface area contributed by atoms with Crippen LogP contribution in [0.15, 0.2) is 12.2 Å². The predicted molar refractivity (Wildman–Crippen MR) is 71.6 cm³/mol. The van der Waals surface area contributed by atoms with Gasteiger partial charge in [-0.25, -0.2) is 4.79 Å². The van der Waals surface area contributed by atoms with Gasteiger partial charge in [0.2, 0.25) is 0 Å². The fraction of sp³-hybridized carbons (Fsp3) is 0.800. The smallest absolute Gasteiger partial charge is 0.330 e. The Morgan fingerprint density at radius 1 is 1.37 bits per heavy atom. The largest absolute Gasteiger partial charge is 0.463 e.